The Hall–Kier alpha value is -1.43. The van der Waals surface area contributed by atoms with Gasteiger partial charge in [-0.05, 0) is 6.42 Å². The number of aromatic nitrogens is 3. The molecule has 1 aliphatic rings. The molecule has 2 rings (SSSR count). The maximum absolute atomic E-state index is 5.87. The molecule has 0 atom stereocenters. The van der Waals surface area contributed by atoms with Crippen LogP contribution < -0.4 is 10.6 Å². The Bertz CT molecular complexity index is 491. The Morgan fingerprint density at radius 3 is 2.00 bits per heavy atom. The first kappa shape index (κ1) is 20.9. The molecule has 0 saturated carbocycles. The van der Waals surface area contributed by atoms with Gasteiger partial charge in [0.2, 0.25) is 11.9 Å². The van der Waals surface area contributed by atoms with Crippen molar-refractivity contribution in [2.45, 2.75) is 84.0 Å². The highest BCUT2D eigenvalue weighted by molar-refractivity contribution is 5.35. The van der Waals surface area contributed by atoms with Crippen molar-refractivity contribution in [1.29, 1.82) is 0 Å². The Labute approximate surface area is 159 Å². The molecule has 1 saturated heterocycles. The number of aryl methyl sites for hydroxylation is 1. The van der Waals surface area contributed by atoms with Gasteiger partial charge in [-0.3, -0.25) is 0 Å². The highest BCUT2D eigenvalue weighted by Gasteiger charge is 2.15. The number of morpholine rings is 1. The summed E-state index contributed by atoms with van der Waals surface area (Å²) in [5.74, 6) is 1.87. The minimum Gasteiger partial charge on any atom is -0.378 e. The number of rotatable bonds is 13. The normalized spacial score (nSPS) is 14.7. The van der Waals surface area contributed by atoms with Crippen molar-refractivity contribution in [3.05, 3.63) is 5.82 Å². The standard InChI is InChI=1S/C20H37N5O/c1-2-3-4-5-6-7-8-9-10-11-12-13-18-22-19(21)24-20(23-18)25-14-16-26-17-15-25/h2-17H2,1H3,(H2,21,22,23,24). The molecule has 0 radical (unpaired) electrons. The average molecular weight is 364 g/mol. The van der Waals surface area contributed by atoms with Crippen LogP contribution in [-0.4, -0.2) is 41.3 Å². The van der Waals surface area contributed by atoms with Gasteiger partial charge >= 0.3 is 0 Å². The summed E-state index contributed by atoms with van der Waals surface area (Å²) >= 11 is 0. The summed E-state index contributed by atoms with van der Waals surface area (Å²) in [6.07, 6.45) is 15.7. The molecule has 2 heterocycles. The van der Waals surface area contributed by atoms with Gasteiger partial charge in [0.1, 0.15) is 5.82 Å². The molecule has 6 heteroatoms. The first-order valence-electron chi connectivity index (χ1n) is 10.6. The maximum atomic E-state index is 5.87. The van der Waals surface area contributed by atoms with Gasteiger partial charge in [-0.2, -0.15) is 15.0 Å². The minimum absolute atomic E-state index is 0.333. The van der Waals surface area contributed by atoms with Gasteiger partial charge in [0, 0.05) is 19.5 Å². The number of nitrogens with two attached hydrogens (primary N) is 1. The van der Waals surface area contributed by atoms with E-state index >= 15 is 0 Å². The molecule has 0 aliphatic carbocycles. The number of nitrogen functional groups attached to an aromatic ring is 1. The summed E-state index contributed by atoms with van der Waals surface area (Å²) in [5, 5.41) is 0. The van der Waals surface area contributed by atoms with Crippen molar-refractivity contribution in [2.75, 3.05) is 36.9 Å². The summed E-state index contributed by atoms with van der Waals surface area (Å²) in [6.45, 7) is 5.36. The predicted molar refractivity (Wildman–Crippen MR) is 107 cm³/mol. The fourth-order valence-corrected chi connectivity index (χ4v) is 3.39. The van der Waals surface area contributed by atoms with Crippen LogP contribution in [0.15, 0.2) is 0 Å². The van der Waals surface area contributed by atoms with Gasteiger partial charge in [-0.15, -0.1) is 0 Å². The topological polar surface area (TPSA) is 77.2 Å². The van der Waals surface area contributed by atoms with Crippen LogP contribution in [0.4, 0.5) is 11.9 Å². The summed E-state index contributed by atoms with van der Waals surface area (Å²) in [7, 11) is 0. The van der Waals surface area contributed by atoms with E-state index in [1.807, 2.05) is 0 Å². The van der Waals surface area contributed by atoms with E-state index in [1.54, 1.807) is 0 Å². The lowest BCUT2D eigenvalue weighted by atomic mass is 10.1. The molecule has 148 valence electrons. The largest absolute Gasteiger partial charge is 0.378 e. The molecule has 0 bridgehead atoms. The van der Waals surface area contributed by atoms with E-state index in [1.165, 1.54) is 64.2 Å². The summed E-state index contributed by atoms with van der Waals surface area (Å²) in [4.78, 5) is 15.3. The Balaban J connectivity index is 1.57. The lowest BCUT2D eigenvalue weighted by Gasteiger charge is -2.26. The van der Waals surface area contributed by atoms with Crippen LogP contribution in [0, 0.1) is 0 Å². The molecule has 2 N–H and O–H groups in total. The second-order valence-corrected chi connectivity index (χ2v) is 7.29. The molecule has 26 heavy (non-hydrogen) atoms. The van der Waals surface area contributed by atoms with Crippen molar-refractivity contribution in [3.8, 4) is 0 Å². The lowest BCUT2D eigenvalue weighted by Crippen LogP contribution is -2.37. The highest BCUT2D eigenvalue weighted by atomic mass is 16.5. The average Bonchev–Trinajstić information content (AvgIpc) is 2.66. The van der Waals surface area contributed by atoms with Crippen molar-refractivity contribution in [2.24, 2.45) is 0 Å². The molecule has 0 unspecified atom stereocenters. The molecule has 6 nitrogen and oxygen atoms in total. The zero-order chi connectivity index (χ0) is 18.5. The third kappa shape index (κ3) is 8.30. The third-order valence-electron chi connectivity index (χ3n) is 4.99. The van der Waals surface area contributed by atoms with Crippen LogP contribution in [-0.2, 0) is 11.2 Å². The van der Waals surface area contributed by atoms with E-state index in [2.05, 4.69) is 26.8 Å². The number of hydrogen-bond donors (Lipinski definition) is 1. The Kier molecular flexibility index (Phi) is 10.3. The summed E-state index contributed by atoms with van der Waals surface area (Å²) < 4.78 is 5.38. The van der Waals surface area contributed by atoms with E-state index in [-0.39, 0.29) is 0 Å². The Morgan fingerprint density at radius 2 is 1.38 bits per heavy atom. The molecule has 1 fully saturated rings. The van der Waals surface area contributed by atoms with Crippen LogP contribution in [0.25, 0.3) is 0 Å². The van der Waals surface area contributed by atoms with Gasteiger partial charge in [0.15, 0.2) is 0 Å². The molecule has 1 aromatic heterocycles. The number of anilines is 2. The van der Waals surface area contributed by atoms with Crippen LogP contribution in [0.1, 0.15) is 83.4 Å². The fourth-order valence-electron chi connectivity index (χ4n) is 3.39. The first-order valence-corrected chi connectivity index (χ1v) is 10.6. The second kappa shape index (κ2) is 12.8. The molecule has 0 aromatic carbocycles. The summed E-state index contributed by atoms with van der Waals surface area (Å²) in [6, 6.07) is 0. The van der Waals surface area contributed by atoms with Crippen molar-refractivity contribution in [3.63, 3.8) is 0 Å². The smallest absolute Gasteiger partial charge is 0.230 e. The molecular formula is C20H37N5O. The second-order valence-electron chi connectivity index (χ2n) is 7.29. The van der Waals surface area contributed by atoms with E-state index in [9.17, 15) is 0 Å². The van der Waals surface area contributed by atoms with Gasteiger partial charge in [0.25, 0.3) is 0 Å². The van der Waals surface area contributed by atoms with Crippen LogP contribution in [0.3, 0.4) is 0 Å². The number of nitrogens with zero attached hydrogens (tertiary/aromatic N) is 4. The van der Waals surface area contributed by atoms with Crippen LogP contribution in [0.5, 0.6) is 0 Å². The van der Waals surface area contributed by atoms with Gasteiger partial charge in [-0.1, -0.05) is 71.1 Å². The van der Waals surface area contributed by atoms with E-state index in [4.69, 9.17) is 10.5 Å². The van der Waals surface area contributed by atoms with Gasteiger partial charge in [-0.25, -0.2) is 0 Å². The maximum Gasteiger partial charge on any atom is 0.230 e. The molecule has 1 aliphatic heterocycles. The lowest BCUT2D eigenvalue weighted by molar-refractivity contribution is 0.122. The number of ether oxygens (including phenoxy) is 1. The number of hydrogen-bond acceptors (Lipinski definition) is 6. The molecule has 0 amide bonds. The third-order valence-corrected chi connectivity index (χ3v) is 4.99. The van der Waals surface area contributed by atoms with Crippen molar-refractivity contribution < 1.29 is 4.74 Å². The quantitative estimate of drug-likeness (QED) is 0.531. The fraction of sp³-hybridized carbons (Fsp3) is 0.850. The van der Waals surface area contributed by atoms with Crippen molar-refractivity contribution >= 4 is 11.9 Å². The monoisotopic (exact) mass is 363 g/mol. The molecule has 0 spiro atoms. The molecule has 1 aromatic rings. The van der Waals surface area contributed by atoms with Gasteiger partial charge in [0.05, 0.1) is 13.2 Å². The Morgan fingerprint density at radius 1 is 0.808 bits per heavy atom. The minimum atomic E-state index is 0.333. The van der Waals surface area contributed by atoms with Crippen LogP contribution >= 0.6 is 0 Å². The van der Waals surface area contributed by atoms with Crippen molar-refractivity contribution in [1.82, 2.24) is 15.0 Å². The van der Waals surface area contributed by atoms with Crippen LogP contribution in [0.2, 0.25) is 0 Å². The van der Waals surface area contributed by atoms with E-state index in [0.717, 1.165) is 45.0 Å². The zero-order valence-electron chi connectivity index (χ0n) is 16.6. The van der Waals surface area contributed by atoms with E-state index < -0.39 is 0 Å². The molecular weight excluding hydrogens is 326 g/mol. The van der Waals surface area contributed by atoms with E-state index in [0.29, 0.717) is 11.9 Å². The summed E-state index contributed by atoms with van der Waals surface area (Å²) in [5.41, 5.74) is 5.87. The first-order chi connectivity index (χ1) is 12.8. The predicted octanol–water partition coefficient (Wildman–Crippen LogP) is 4.14. The SMILES string of the molecule is CCCCCCCCCCCCCc1nc(N)nc(N2CCOCC2)n1. The zero-order valence-corrected chi connectivity index (χ0v) is 16.6. The van der Waals surface area contributed by atoms with Gasteiger partial charge < -0.3 is 15.4 Å². The number of unbranched alkanes of at least 4 members (excludes halogenated alkanes) is 10. The highest BCUT2D eigenvalue weighted by Crippen LogP contribution is 2.14.